The van der Waals surface area contributed by atoms with Crippen molar-refractivity contribution in [3.63, 3.8) is 0 Å². The highest BCUT2D eigenvalue weighted by molar-refractivity contribution is 7.47. The van der Waals surface area contributed by atoms with Crippen LogP contribution >= 0.6 is 7.82 Å². The van der Waals surface area contributed by atoms with E-state index in [-0.39, 0.29) is 38.6 Å². The van der Waals surface area contributed by atoms with Gasteiger partial charge in [0.15, 0.2) is 6.10 Å². The van der Waals surface area contributed by atoms with Crippen LogP contribution in [0.2, 0.25) is 0 Å². The monoisotopic (exact) mass is 1110 g/mol. The largest absolute Gasteiger partial charge is 0.472 e. The second kappa shape index (κ2) is 62.6. The molecule has 0 saturated carbocycles. The average Bonchev–Trinajstić information content (AvgIpc) is 3.43. The second-order valence-corrected chi connectivity index (χ2v) is 22.0. The van der Waals surface area contributed by atoms with Crippen molar-refractivity contribution in [3.8, 4) is 0 Å². The Morgan fingerprint density at radius 1 is 0.397 bits per heavy atom. The van der Waals surface area contributed by atoms with Gasteiger partial charge >= 0.3 is 19.8 Å². The molecule has 0 amide bonds. The van der Waals surface area contributed by atoms with E-state index in [1.807, 2.05) is 0 Å². The van der Waals surface area contributed by atoms with Gasteiger partial charge in [-0.3, -0.25) is 18.6 Å². The van der Waals surface area contributed by atoms with Crippen LogP contribution < -0.4 is 5.73 Å². The first-order valence-corrected chi connectivity index (χ1v) is 33.0. The number of rotatable bonds is 58. The maximum Gasteiger partial charge on any atom is 0.472 e. The lowest BCUT2D eigenvalue weighted by Gasteiger charge is -2.19. The van der Waals surface area contributed by atoms with Crippen LogP contribution in [0.5, 0.6) is 0 Å². The number of hydrogen-bond acceptors (Lipinski definition) is 8. The Morgan fingerprint density at radius 2 is 0.705 bits per heavy atom. The third kappa shape index (κ3) is 61.6. The average molecular weight is 1110 g/mol. The zero-order valence-corrected chi connectivity index (χ0v) is 50.8. The van der Waals surface area contributed by atoms with Gasteiger partial charge in [-0.2, -0.15) is 0 Å². The van der Waals surface area contributed by atoms with Crippen molar-refractivity contribution in [2.45, 2.75) is 270 Å². The van der Waals surface area contributed by atoms with E-state index in [2.05, 4.69) is 135 Å². The predicted octanol–water partition coefficient (Wildman–Crippen LogP) is 20.3. The van der Waals surface area contributed by atoms with Crippen LogP contribution in [-0.2, 0) is 32.7 Å². The van der Waals surface area contributed by atoms with Crippen molar-refractivity contribution < 1.29 is 37.6 Å². The number of phosphoric acid groups is 1. The van der Waals surface area contributed by atoms with Gasteiger partial charge in [-0.15, -0.1) is 0 Å². The van der Waals surface area contributed by atoms with Gasteiger partial charge in [-0.05, 0) is 89.9 Å². The lowest BCUT2D eigenvalue weighted by atomic mass is 10.0. The molecule has 0 radical (unpaired) electrons. The summed E-state index contributed by atoms with van der Waals surface area (Å²) in [6.07, 6.45) is 86.9. The molecule has 0 aromatic rings. The molecule has 0 aliphatic heterocycles. The van der Waals surface area contributed by atoms with Crippen LogP contribution in [0.4, 0.5) is 0 Å². The Morgan fingerprint density at radius 3 is 1.05 bits per heavy atom. The third-order valence-corrected chi connectivity index (χ3v) is 14.1. The lowest BCUT2D eigenvalue weighted by molar-refractivity contribution is -0.161. The molecule has 0 saturated heterocycles. The number of ether oxygens (including phenoxy) is 2. The van der Waals surface area contributed by atoms with Gasteiger partial charge in [0.05, 0.1) is 13.2 Å². The summed E-state index contributed by atoms with van der Waals surface area (Å²) in [6, 6.07) is 0. The van der Waals surface area contributed by atoms with E-state index < -0.39 is 26.5 Å². The topological polar surface area (TPSA) is 134 Å². The molecular weight excluding hydrogens is 990 g/mol. The summed E-state index contributed by atoms with van der Waals surface area (Å²) in [6.45, 7) is 3.63. The van der Waals surface area contributed by atoms with Gasteiger partial charge in [0.1, 0.15) is 6.61 Å². The fourth-order valence-electron chi connectivity index (χ4n) is 8.49. The van der Waals surface area contributed by atoms with E-state index >= 15 is 0 Å². The number of nitrogens with two attached hydrogens (primary N) is 1. The Hall–Kier alpha value is -3.59. The Bertz CT molecular complexity index is 1690. The second-order valence-electron chi connectivity index (χ2n) is 20.6. The first kappa shape index (κ1) is 74.4. The van der Waals surface area contributed by atoms with Gasteiger partial charge in [0.2, 0.25) is 0 Å². The maximum atomic E-state index is 12.7. The van der Waals surface area contributed by atoms with Gasteiger partial charge < -0.3 is 20.1 Å². The minimum absolute atomic E-state index is 0.0480. The number of unbranched alkanes of at least 4 members (excludes halogenated alkanes) is 25. The molecule has 0 aliphatic carbocycles. The molecule has 0 aromatic heterocycles. The molecule has 446 valence electrons. The van der Waals surface area contributed by atoms with Crippen LogP contribution in [-0.4, -0.2) is 49.3 Å². The first-order chi connectivity index (χ1) is 38.3. The van der Waals surface area contributed by atoms with E-state index in [1.54, 1.807) is 0 Å². The van der Waals surface area contributed by atoms with E-state index in [1.165, 1.54) is 122 Å². The molecule has 3 N–H and O–H groups in total. The molecule has 10 heteroatoms. The number of allylic oxidation sites excluding steroid dienone is 20. The first-order valence-electron chi connectivity index (χ1n) is 31.5. The summed E-state index contributed by atoms with van der Waals surface area (Å²) in [5, 5.41) is 0. The van der Waals surface area contributed by atoms with Crippen molar-refractivity contribution in [3.05, 3.63) is 122 Å². The number of hydrogen-bond donors (Lipinski definition) is 2. The van der Waals surface area contributed by atoms with E-state index in [9.17, 15) is 19.0 Å². The maximum absolute atomic E-state index is 12.7. The summed E-state index contributed by atoms with van der Waals surface area (Å²) in [5.41, 5.74) is 5.39. The summed E-state index contributed by atoms with van der Waals surface area (Å²) in [7, 11) is -4.40. The van der Waals surface area contributed by atoms with Crippen LogP contribution in [0, 0.1) is 0 Å². The van der Waals surface area contributed by atoms with Crippen LogP contribution in [0.25, 0.3) is 0 Å². The number of phosphoric ester groups is 1. The summed E-state index contributed by atoms with van der Waals surface area (Å²) in [4.78, 5) is 35.2. The Kier molecular flexibility index (Phi) is 59.7. The predicted molar refractivity (Wildman–Crippen MR) is 334 cm³/mol. The Labute approximate surface area is 479 Å². The SMILES string of the molecule is CC/C=C\C/C=C\C/C=C\C/C=C\C/C=C\C/C=C\C/C=C\C/C=C\C/C=C\C/C=C\CCCCCCCCCCC(=O)OC(COC(=O)CCCCCCCCCCCCCCCCCCCC)COP(=O)(O)OCCN. The zero-order valence-electron chi connectivity index (χ0n) is 49.9. The molecule has 0 bridgehead atoms. The van der Waals surface area contributed by atoms with Crippen molar-refractivity contribution in [1.29, 1.82) is 0 Å². The molecule has 0 rings (SSSR count). The summed E-state index contributed by atoms with van der Waals surface area (Å²) >= 11 is 0. The Balaban J connectivity index is 3.98. The van der Waals surface area contributed by atoms with Crippen LogP contribution in [0.1, 0.15) is 264 Å². The molecule has 0 fully saturated rings. The fraction of sp³-hybridized carbons (Fsp3) is 0.676. The fourth-order valence-corrected chi connectivity index (χ4v) is 9.25. The molecular formula is C68H116NO8P. The molecule has 0 aliphatic rings. The zero-order chi connectivity index (χ0) is 56.6. The number of esters is 2. The number of carbonyl (C=O) groups excluding carboxylic acids is 2. The van der Waals surface area contributed by atoms with Crippen LogP contribution in [0.3, 0.4) is 0 Å². The number of carbonyl (C=O) groups is 2. The molecule has 2 unspecified atom stereocenters. The highest BCUT2D eigenvalue weighted by Crippen LogP contribution is 2.43. The van der Waals surface area contributed by atoms with Crippen LogP contribution in [0.15, 0.2) is 122 Å². The normalized spacial score (nSPS) is 13.8. The highest BCUT2D eigenvalue weighted by Gasteiger charge is 2.26. The van der Waals surface area contributed by atoms with Gasteiger partial charge in [0, 0.05) is 19.4 Å². The van der Waals surface area contributed by atoms with Gasteiger partial charge in [-0.1, -0.05) is 283 Å². The minimum atomic E-state index is -4.40. The van der Waals surface area contributed by atoms with Crippen molar-refractivity contribution >= 4 is 19.8 Å². The highest BCUT2D eigenvalue weighted by atomic mass is 31.2. The standard InChI is InChI=1S/C68H116NO8P/c1-3-5-7-9-11-13-15-17-19-21-23-24-25-26-27-28-29-30-31-32-33-34-35-36-37-38-39-40-41-42-43-45-47-49-51-53-55-57-59-61-68(71)77-66(65-76-78(72,73)75-63-62-69)64-74-67(70)60-58-56-54-52-50-48-46-44-22-20-18-16-14-12-10-8-6-4-2/h5,7,11,13,17,19,23-24,26-27,29-30,32-33,35-36,38-39,41-42,66H,3-4,6,8-10,12,14-16,18,20-22,25,28,31,34,37,40,43-65,69H2,1-2H3,(H,72,73)/b7-5-,13-11-,19-17-,24-23-,27-26-,30-29-,33-32-,36-35-,39-38-,42-41-. The van der Waals surface area contributed by atoms with Crippen molar-refractivity contribution in [2.75, 3.05) is 26.4 Å². The van der Waals surface area contributed by atoms with Gasteiger partial charge in [0.25, 0.3) is 0 Å². The van der Waals surface area contributed by atoms with Crippen molar-refractivity contribution in [1.82, 2.24) is 0 Å². The van der Waals surface area contributed by atoms with E-state index in [0.717, 1.165) is 109 Å². The third-order valence-electron chi connectivity index (χ3n) is 13.1. The lowest BCUT2D eigenvalue weighted by Crippen LogP contribution is -2.29. The molecule has 78 heavy (non-hydrogen) atoms. The van der Waals surface area contributed by atoms with Crippen molar-refractivity contribution in [2.24, 2.45) is 5.73 Å². The quantitative estimate of drug-likeness (QED) is 0.0264. The van der Waals surface area contributed by atoms with E-state index in [4.69, 9.17) is 24.3 Å². The summed E-state index contributed by atoms with van der Waals surface area (Å²) in [5.74, 6) is -0.835. The summed E-state index contributed by atoms with van der Waals surface area (Å²) < 4.78 is 33.1. The molecule has 9 nitrogen and oxygen atoms in total. The minimum Gasteiger partial charge on any atom is -0.462 e. The molecule has 0 spiro atoms. The van der Waals surface area contributed by atoms with Gasteiger partial charge in [-0.25, -0.2) is 4.57 Å². The van der Waals surface area contributed by atoms with E-state index in [0.29, 0.717) is 6.42 Å². The molecule has 0 aromatic carbocycles. The molecule has 0 heterocycles. The smallest absolute Gasteiger partial charge is 0.462 e. The molecule has 2 atom stereocenters.